The summed E-state index contributed by atoms with van der Waals surface area (Å²) in [5.74, 6) is 1.34. The zero-order chi connectivity index (χ0) is 19.3. The Hall–Kier alpha value is -2.62. The lowest BCUT2D eigenvalue weighted by Gasteiger charge is -2.44. The second kappa shape index (κ2) is 6.47. The highest BCUT2D eigenvalue weighted by molar-refractivity contribution is 6.17. The predicted molar refractivity (Wildman–Crippen MR) is 111 cm³/mol. The highest BCUT2D eigenvalue weighted by Crippen LogP contribution is 2.49. The van der Waals surface area contributed by atoms with Gasteiger partial charge in [0.05, 0.1) is 11.1 Å². The molecule has 2 fully saturated rings. The second-order valence-electron chi connectivity index (χ2n) is 8.94. The lowest BCUT2D eigenvalue weighted by atomic mass is 9.61. The third-order valence-electron chi connectivity index (χ3n) is 6.86. The molecule has 2 saturated carbocycles. The molecule has 2 aliphatic rings. The molecular formula is C24H25NO3. The molecule has 0 saturated heterocycles. The second-order valence-corrected chi connectivity index (χ2v) is 8.94. The van der Waals surface area contributed by atoms with Crippen LogP contribution in [0.4, 0.5) is 5.69 Å². The Bertz CT molecular complexity index is 1070. The quantitative estimate of drug-likeness (QED) is 0.576. The van der Waals surface area contributed by atoms with Crippen molar-refractivity contribution in [3.05, 3.63) is 42.0 Å². The van der Waals surface area contributed by atoms with Crippen LogP contribution in [0.5, 0.6) is 0 Å². The van der Waals surface area contributed by atoms with Gasteiger partial charge in [-0.1, -0.05) is 44.4 Å². The average Bonchev–Trinajstić information content (AvgIpc) is 3.06. The molecule has 144 valence electrons. The van der Waals surface area contributed by atoms with Gasteiger partial charge in [-0.15, -0.1) is 0 Å². The predicted octanol–water partition coefficient (Wildman–Crippen LogP) is 5.94. The van der Waals surface area contributed by atoms with Gasteiger partial charge in [-0.3, -0.25) is 9.59 Å². The van der Waals surface area contributed by atoms with Gasteiger partial charge in [0.15, 0.2) is 6.29 Å². The average molecular weight is 375 g/mol. The summed E-state index contributed by atoms with van der Waals surface area (Å²) in [6, 6.07) is 11.3. The summed E-state index contributed by atoms with van der Waals surface area (Å²) in [6.45, 7) is 2.10. The van der Waals surface area contributed by atoms with Crippen LogP contribution in [0.1, 0.15) is 55.8 Å². The summed E-state index contributed by atoms with van der Waals surface area (Å²) in [5, 5.41) is 4.88. The maximum Gasteiger partial charge on any atom is 0.230 e. The molecule has 2 bridgehead atoms. The zero-order valence-electron chi connectivity index (χ0n) is 16.2. The largest absolute Gasteiger partial charge is 0.456 e. The molecule has 2 atom stereocenters. The van der Waals surface area contributed by atoms with Crippen molar-refractivity contribution in [2.24, 2.45) is 17.3 Å². The van der Waals surface area contributed by atoms with Gasteiger partial charge in [-0.05, 0) is 49.3 Å². The Labute approximate surface area is 164 Å². The molecule has 0 aliphatic heterocycles. The van der Waals surface area contributed by atoms with E-state index in [-0.39, 0.29) is 11.3 Å². The molecule has 1 N–H and O–H groups in total. The Morgan fingerprint density at radius 3 is 2.61 bits per heavy atom. The van der Waals surface area contributed by atoms with Crippen molar-refractivity contribution in [3.63, 3.8) is 0 Å². The van der Waals surface area contributed by atoms with Crippen molar-refractivity contribution in [2.45, 2.75) is 45.4 Å². The van der Waals surface area contributed by atoms with Crippen LogP contribution in [0.2, 0.25) is 0 Å². The monoisotopic (exact) mass is 375 g/mol. The topological polar surface area (TPSA) is 59.3 Å². The van der Waals surface area contributed by atoms with Crippen LogP contribution >= 0.6 is 0 Å². The van der Waals surface area contributed by atoms with Crippen LogP contribution in [0.25, 0.3) is 21.9 Å². The third-order valence-corrected chi connectivity index (χ3v) is 6.86. The Morgan fingerprint density at radius 2 is 1.86 bits per heavy atom. The molecule has 2 unspecified atom stereocenters. The number of amides is 1. The number of carbonyl (C=O) groups excluding carboxylic acids is 2. The number of rotatable bonds is 3. The number of fused-ring (bicyclic) bond motifs is 5. The zero-order valence-corrected chi connectivity index (χ0v) is 16.2. The van der Waals surface area contributed by atoms with Crippen LogP contribution in [0, 0.1) is 17.3 Å². The van der Waals surface area contributed by atoms with Crippen molar-refractivity contribution in [1.29, 1.82) is 0 Å². The molecular weight excluding hydrogens is 350 g/mol. The molecule has 1 heterocycles. The molecule has 4 nitrogen and oxygen atoms in total. The van der Waals surface area contributed by atoms with Gasteiger partial charge in [0.1, 0.15) is 11.2 Å². The number of hydrogen-bond donors (Lipinski definition) is 1. The van der Waals surface area contributed by atoms with Crippen molar-refractivity contribution < 1.29 is 14.0 Å². The van der Waals surface area contributed by atoms with Crippen LogP contribution in [-0.2, 0) is 4.79 Å². The molecule has 5 rings (SSSR count). The number of anilines is 1. The first-order valence-corrected chi connectivity index (χ1v) is 10.3. The van der Waals surface area contributed by atoms with Crippen LogP contribution in [0.3, 0.4) is 0 Å². The van der Waals surface area contributed by atoms with E-state index in [0.717, 1.165) is 35.5 Å². The summed E-state index contributed by atoms with van der Waals surface area (Å²) in [6.07, 6.45) is 7.73. The van der Waals surface area contributed by atoms with Crippen LogP contribution < -0.4 is 5.32 Å². The Kier molecular flexibility index (Phi) is 4.04. The van der Waals surface area contributed by atoms with Crippen molar-refractivity contribution in [1.82, 2.24) is 0 Å². The fraction of sp³-hybridized carbons (Fsp3) is 0.417. The van der Waals surface area contributed by atoms with E-state index in [1.54, 1.807) is 12.1 Å². The summed E-state index contributed by atoms with van der Waals surface area (Å²) in [5.41, 5.74) is 2.14. The molecule has 0 radical (unpaired) electrons. The van der Waals surface area contributed by atoms with E-state index >= 15 is 0 Å². The first-order chi connectivity index (χ1) is 13.6. The highest BCUT2D eigenvalue weighted by atomic mass is 16.3. The fourth-order valence-corrected chi connectivity index (χ4v) is 5.65. The van der Waals surface area contributed by atoms with E-state index in [1.807, 2.05) is 24.3 Å². The van der Waals surface area contributed by atoms with Gasteiger partial charge in [-0.2, -0.15) is 0 Å². The van der Waals surface area contributed by atoms with Gasteiger partial charge < -0.3 is 9.73 Å². The molecule has 0 spiro atoms. The number of carbonyl (C=O) groups is 2. The SMILES string of the molecule is CC1(C(=O)Nc2c(C=O)ccc3oc4ccccc4c23)CC2CCCC(C2)C1. The maximum atomic E-state index is 13.4. The number of hydrogen-bond acceptors (Lipinski definition) is 3. The number of furan rings is 1. The molecule has 2 aromatic carbocycles. The minimum Gasteiger partial charge on any atom is -0.456 e. The summed E-state index contributed by atoms with van der Waals surface area (Å²) in [4.78, 5) is 25.2. The van der Waals surface area contributed by atoms with Crippen LogP contribution in [0.15, 0.2) is 40.8 Å². The summed E-state index contributed by atoms with van der Waals surface area (Å²) < 4.78 is 5.94. The molecule has 1 amide bonds. The minimum absolute atomic E-state index is 0.0324. The number of aldehydes is 1. The number of benzene rings is 2. The Morgan fingerprint density at radius 1 is 1.11 bits per heavy atom. The first kappa shape index (κ1) is 17.5. The van der Waals surface area contributed by atoms with Gasteiger partial charge in [-0.25, -0.2) is 0 Å². The molecule has 28 heavy (non-hydrogen) atoms. The Balaban J connectivity index is 1.57. The molecule has 4 heteroatoms. The number of para-hydroxylation sites is 1. The van der Waals surface area contributed by atoms with Gasteiger partial charge >= 0.3 is 0 Å². The van der Waals surface area contributed by atoms with Crippen molar-refractivity contribution >= 4 is 39.8 Å². The van der Waals surface area contributed by atoms with E-state index in [9.17, 15) is 9.59 Å². The van der Waals surface area contributed by atoms with E-state index < -0.39 is 0 Å². The lowest BCUT2D eigenvalue weighted by Crippen LogP contribution is -2.42. The summed E-state index contributed by atoms with van der Waals surface area (Å²) >= 11 is 0. The molecule has 1 aromatic heterocycles. The van der Waals surface area contributed by atoms with E-state index in [0.29, 0.717) is 28.7 Å². The van der Waals surface area contributed by atoms with Crippen LogP contribution in [-0.4, -0.2) is 12.2 Å². The summed E-state index contributed by atoms with van der Waals surface area (Å²) in [7, 11) is 0. The van der Waals surface area contributed by atoms with Gasteiger partial charge in [0.2, 0.25) is 5.91 Å². The lowest BCUT2D eigenvalue weighted by molar-refractivity contribution is -0.129. The smallest absolute Gasteiger partial charge is 0.230 e. The van der Waals surface area contributed by atoms with Crippen molar-refractivity contribution in [3.8, 4) is 0 Å². The normalized spacial score (nSPS) is 27.0. The van der Waals surface area contributed by atoms with Gasteiger partial charge in [0, 0.05) is 16.4 Å². The van der Waals surface area contributed by atoms with E-state index in [1.165, 1.54) is 25.7 Å². The van der Waals surface area contributed by atoms with E-state index in [2.05, 4.69) is 12.2 Å². The molecule has 2 aliphatic carbocycles. The minimum atomic E-state index is -0.379. The molecule has 3 aromatic rings. The first-order valence-electron chi connectivity index (χ1n) is 10.3. The third kappa shape index (κ3) is 2.74. The fourth-order valence-electron chi connectivity index (χ4n) is 5.65. The maximum absolute atomic E-state index is 13.4. The van der Waals surface area contributed by atoms with Crippen molar-refractivity contribution in [2.75, 3.05) is 5.32 Å². The van der Waals surface area contributed by atoms with Gasteiger partial charge in [0.25, 0.3) is 0 Å². The highest BCUT2D eigenvalue weighted by Gasteiger charge is 2.44. The number of nitrogens with one attached hydrogen (secondary N) is 1. The standard InChI is InChI=1S/C24H25NO3/c1-24(12-15-5-4-6-16(11-15)13-24)23(27)25-22-17(14-26)9-10-20-21(22)18-7-2-3-8-19(18)28-20/h2-3,7-10,14-16H,4-6,11-13H2,1H3,(H,25,27). The van der Waals surface area contributed by atoms with E-state index in [4.69, 9.17) is 4.42 Å².